The molecule has 0 amide bonds. The Kier molecular flexibility index (Phi) is 4.73. The number of rotatable bonds is 1. The first-order valence-corrected chi connectivity index (χ1v) is 8.27. The molecule has 0 saturated carbocycles. The second-order valence-corrected chi connectivity index (χ2v) is 6.91. The van der Waals surface area contributed by atoms with Gasteiger partial charge in [-0.25, -0.2) is 0 Å². The van der Waals surface area contributed by atoms with E-state index in [0.29, 0.717) is 23.1 Å². The number of fused-ring (bicyclic) bond motifs is 3. The van der Waals surface area contributed by atoms with Crippen molar-refractivity contribution < 1.29 is 10.2 Å². The first-order chi connectivity index (χ1) is 11.0. The van der Waals surface area contributed by atoms with E-state index in [2.05, 4.69) is 5.32 Å². The Hall–Kier alpha value is -1.01. The number of benzene rings is 2. The lowest BCUT2D eigenvalue weighted by molar-refractivity contribution is -0.203. The molecule has 0 radical (unpaired) electrons. The summed E-state index contributed by atoms with van der Waals surface area (Å²) in [4.78, 5) is 0. The fourth-order valence-electron chi connectivity index (χ4n) is 3.47. The van der Waals surface area contributed by atoms with Crippen molar-refractivity contribution in [3.05, 3.63) is 46.4 Å². The van der Waals surface area contributed by atoms with Gasteiger partial charge < -0.3 is 20.1 Å². The van der Waals surface area contributed by atoms with Crippen LogP contribution in [0.15, 0.2) is 36.4 Å². The quantitative estimate of drug-likeness (QED) is 0.558. The molecule has 2 heterocycles. The number of hydrogen-bond donors (Lipinski definition) is 3. The third kappa shape index (κ3) is 2.77. The van der Waals surface area contributed by atoms with Crippen LogP contribution in [0, 0.1) is 0 Å². The highest BCUT2D eigenvalue weighted by atomic mass is 35.5. The maximum Gasteiger partial charge on any atom is 0.186 e. The smallest absolute Gasteiger partial charge is 0.186 e. The number of piperidine rings is 1. The zero-order chi connectivity index (χ0) is 16.2. The van der Waals surface area contributed by atoms with Crippen LogP contribution in [0.1, 0.15) is 12.5 Å². The molecule has 1 atom stereocenters. The van der Waals surface area contributed by atoms with Gasteiger partial charge >= 0.3 is 0 Å². The SMILES string of the molecule is Cl.OC1(O)CCNC[C@@H]1n1c2ccc(Cl)cc2c2cc(Cl)ccc21. The normalized spacial score (nSPS) is 20.2. The fraction of sp³-hybridized carbons (Fsp3) is 0.294. The van der Waals surface area contributed by atoms with Crippen molar-refractivity contribution in [1.29, 1.82) is 0 Å². The van der Waals surface area contributed by atoms with Crippen molar-refractivity contribution >= 4 is 57.4 Å². The van der Waals surface area contributed by atoms with E-state index in [1.54, 1.807) is 0 Å². The van der Waals surface area contributed by atoms with Crippen LogP contribution in [0.5, 0.6) is 0 Å². The molecule has 4 rings (SSSR count). The van der Waals surface area contributed by atoms with Gasteiger partial charge in [-0.3, -0.25) is 0 Å². The molecule has 1 fully saturated rings. The minimum absolute atomic E-state index is 0. The summed E-state index contributed by atoms with van der Waals surface area (Å²) in [7, 11) is 0. The molecule has 0 bridgehead atoms. The average molecular weight is 388 g/mol. The molecule has 0 spiro atoms. The number of nitrogens with one attached hydrogen (secondary N) is 1. The summed E-state index contributed by atoms with van der Waals surface area (Å²) < 4.78 is 1.98. The fourth-order valence-corrected chi connectivity index (χ4v) is 3.82. The van der Waals surface area contributed by atoms with Crippen LogP contribution in [0.25, 0.3) is 21.8 Å². The minimum Gasteiger partial charge on any atom is -0.364 e. The Morgan fingerprint density at radius 2 is 1.54 bits per heavy atom. The highest BCUT2D eigenvalue weighted by molar-refractivity contribution is 6.33. The summed E-state index contributed by atoms with van der Waals surface area (Å²) in [5.41, 5.74) is 1.82. The standard InChI is InChI=1S/C17H16Cl2N2O2.ClH/c18-10-1-3-14-12(7-10)13-8-11(19)2-4-15(13)21(14)16-9-20-6-5-17(16,22)23;/h1-4,7-8,16,20,22-23H,5-6,9H2;1H/t16-;/m0./s1. The van der Waals surface area contributed by atoms with Crippen LogP contribution in [0.4, 0.5) is 0 Å². The molecule has 0 aliphatic carbocycles. The van der Waals surface area contributed by atoms with E-state index in [-0.39, 0.29) is 18.8 Å². The number of halogens is 3. The Labute approximate surface area is 155 Å². The maximum absolute atomic E-state index is 10.5. The van der Waals surface area contributed by atoms with Crippen molar-refractivity contribution in [2.75, 3.05) is 13.1 Å². The van der Waals surface area contributed by atoms with Crippen molar-refractivity contribution in [2.45, 2.75) is 18.2 Å². The van der Waals surface area contributed by atoms with E-state index in [0.717, 1.165) is 21.8 Å². The predicted molar refractivity (Wildman–Crippen MR) is 100 cm³/mol. The van der Waals surface area contributed by atoms with E-state index in [1.165, 1.54) is 0 Å². The molecule has 2 aromatic carbocycles. The predicted octanol–water partition coefficient (Wildman–Crippen LogP) is 3.74. The highest BCUT2D eigenvalue weighted by Gasteiger charge is 2.39. The molecule has 3 aromatic rings. The van der Waals surface area contributed by atoms with Crippen molar-refractivity contribution in [1.82, 2.24) is 9.88 Å². The Balaban J connectivity index is 0.00000169. The molecule has 4 nitrogen and oxygen atoms in total. The number of aromatic nitrogens is 1. The van der Waals surface area contributed by atoms with Gasteiger partial charge in [0.05, 0.1) is 0 Å². The molecule has 24 heavy (non-hydrogen) atoms. The van der Waals surface area contributed by atoms with Crippen LogP contribution in [0.3, 0.4) is 0 Å². The summed E-state index contributed by atoms with van der Waals surface area (Å²) in [6, 6.07) is 10.7. The first kappa shape index (κ1) is 17.8. The maximum atomic E-state index is 10.5. The summed E-state index contributed by atoms with van der Waals surface area (Å²) >= 11 is 12.3. The molecule has 3 N–H and O–H groups in total. The first-order valence-electron chi connectivity index (χ1n) is 7.51. The van der Waals surface area contributed by atoms with Crippen LogP contribution < -0.4 is 5.32 Å². The summed E-state index contributed by atoms with van der Waals surface area (Å²) in [6.45, 7) is 1.06. The van der Waals surface area contributed by atoms with E-state index < -0.39 is 11.8 Å². The molecule has 128 valence electrons. The van der Waals surface area contributed by atoms with Gasteiger partial charge in [-0.1, -0.05) is 23.2 Å². The van der Waals surface area contributed by atoms with Gasteiger partial charge in [-0.05, 0) is 36.4 Å². The van der Waals surface area contributed by atoms with Gasteiger partial charge in [0.25, 0.3) is 0 Å². The zero-order valence-corrected chi connectivity index (χ0v) is 15.0. The van der Waals surface area contributed by atoms with Gasteiger partial charge in [0, 0.05) is 51.4 Å². The molecule has 1 aromatic heterocycles. The zero-order valence-electron chi connectivity index (χ0n) is 12.7. The van der Waals surface area contributed by atoms with E-state index in [4.69, 9.17) is 23.2 Å². The molecule has 1 saturated heterocycles. The van der Waals surface area contributed by atoms with Crippen LogP contribution in [-0.4, -0.2) is 33.7 Å². The molecular weight excluding hydrogens is 371 g/mol. The topological polar surface area (TPSA) is 57.4 Å². The van der Waals surface area contributed by atoms with Gasteiger partial charge in [0.2, 0.25) is 0 Å². The second-order valence-electron chi connectivity index (χ2n) is 6.04. The lowest BCUT2D eigenvalue weighted by Gasteiger charge is -2.37. The molecule has 0 unspecified atom stereocenters. The molecular formula is C17H17Cl3N2O2. The monoisotopic (exact) mass is 386 g/mol. The Bertz CT molecular complexity index is 848. The average Bonchev–Trinajstić information content (AvgIpc) is 2.80. The number of nitrogens with zero attached hydrogens (tertiary/aromatic N) is 1. The Morgan fingerprint density at radius 1 is 1.00 bits per heavy atom. The van der Waals surface area contributed by atoms with Crippen molar-refractivity contribution in [2.24, 2.45) is 0 Å². The lowest BCUT2D eigenvalue weighted by atomic mass is 9.99. The van der Waals surface area contributed by atoms with Crippen LogP contribution in [0.2, 0.25) is 10.0 Å². The van der Waals surface area contributed by atoms with Gasteiger partial charge in [-0.15, -0.1) is 12.4 Å². The third-order valence-electron chi connectivity index (χ3n) is 4.58. The summed E-state index contributed by atoms with van der Waals surface area (Å²) in [6.07, 6.45) is 0.278. The van der Waals surface area contributed by atoms with E-state index >= 15 is 0 Å². The molecule has 1 aliphatic rings. The van der Waals surface area contributed by atoms with Crippen molar-refractivity contribution in [3.63, 3.8) is 0 Å². The number of hydrogen-bond acceptors (Lipinski definition) is 3. The summed E-state index contributed by atoms with van der Waals surface area (Å²) in [5.74, 6) is -1.76. The van der Waals surface area contributed by atoms with Crippen LogP contribution in [-0.2, 0) is 0 Å². The second kappa shape index (κ2) is 6.37. The Morgan fingerprint density at radius 3 is 2.04 bits per heavy atom. The van der Waals surface area contributed by atoms with Crippen LogP contribution >= 0.6 is 35.6 Å². The van der Waals surface area contributed by atoms with E-state index in [1.807, 2.05) is 41.0 Å². The third-order valence-corrected chi connectivity index (χ3v) is 5.05. The lowest BCUT2D eigenvalue weighted by Crippen LogP contribution is -2.50. The summed E-state index contributed by atoms with van der Waals surface area (Å²) in [5, 5.41) is 27.4. The highest BCUT2D eigenvalue weighted by Crippen LogP contribution is 2.38. The van der Waals surface area contributed by atoms with Gasteiger partial charge in [0.15, 0.2) is 5.79 Å². The molecule has 1 aliphatic heterocycles. The van der Waals surface area contributed by atoms with Crippen molar-refractivity contribution in [3.8, 4) is 0 Å². The van der Waals surface area contributed by atoms with E-state index in [9.17, 15) is 10.2 Å². The largest absolute Gasteiger partial charge is 0.364 e. The molecule has 7 heteroatoms. The van der Waals surface area contributed by atoms with Gasteiger partial charge in [-0.2, -0.15) is 0 Å². The number of aliphatic hydroxyl groups is 2. The van der Waals surface area contributed by atoms with Gasteiger partial charge in [0.1, 0.15) is 6.04 Å². The minimum atomic E-state index is -1.76.